The molecule has 0 saturated carbocycles. The van der Waals surface area contributed by atoms with Gasteiger partial charge in [0, 0.05) is 30.5 Å². The van der Waals surface area contributed by atoms with Gasteiger partial charge in [-0.1, -0.05) is 6.08 Å². The lowest BCUT2D eigenvalue weighted by atomic mass is 9.89. The van der Waals surface area contributed by atoms with Crippen LogP contribution >= 0.6 is 0 Å². The number of halogens is 8. The molecule has 1 unspecified atom stereocenters. The average molecular weight is 432 g/mol. The standard InChI is InChI=1S/C16H16F8N4O/c1-27(3-2-12(29)28-7-14(17,18)8-28)26-13(25)9-4-10(15(19,20)21)6-11(5-9)16(22,23)24/h2-5,10H,6-8H2,1H3,(H2,25,26)/b3-2-. The third-order valence-electron chi connectivity index (χ3n) is 4.08. The number of allylic oxidation sites excluding steroid dienone is 2. The molecule has 2 aliphatic rings. The van der Waals surface area contributed by atoms with E-state index >= 15 is 0 Å². The maximum atomic E-state index is 12.9. The molecule has 1 atom stereocenters. The van der Waals surface area contributed by atoms with Crippen molar-refractivity contribution in [3.8, 4) is 0 Å². The number of amidine groups is 1. The van der Waals surface area contributed by atoms with Crippen LogP contribution in [0.25, 0.3) is 0 Å². The average Bonchev–Trinajstić information content (AvgIpc) is 2.55. The zero-order valence-corrected chi connectivity index (χ0v) is 14.9. The molecule has 0 aromatic heterocycles. The molecular weight excluding hydrogens is 416 g/mol. The summed E-state index contributed by atoms with van der Waals surface area (Å²) in [6.45, 7) is -1.50. The number of rotatable bonds is 4. The number of likely N-dealkylation sites (tertiary alicyclic amines) is 1. The van der Waals surface area contributed by atoms with Gasteiger partial charge in [-0.2, -0.15) is 31.4 Å². The first-order valence-electron chi connectivity index (χ1n) is 8.07. The van der Waals surface area contributed by atoms with Gasteiger partial charge in [0.05, 0.1) is 19.0 Å². The Balaban J connectivity index is 2.15. The smallest absolute Gasteiger partial charge is 0.382 e. The Bertz CT molecular complexity index is 771. The quantitative estimate of drug-likeness (QED) is 0.244. The fraction of sp³-hybridized carbons (Fsp3) is 0.500. The largest absolute Gasteiger partial charge is 0.412 e. The maximum absolute atomic E-state index is 12.9. The Morgan fingerprint density at radius 1 is 1.28 bits per heavy atom. The van der Waals surface area contributed by atoms with E-state index in [-0.39, 0.29) is 0 Å². The number of nitrogens with zero attached hydrogens (tertiary/aromatic N) is 3. The molecule has 5 nitrogen and oxygen atoms in total. The van der Waals surface area contributed by atoms with Crippen LogP contribution in [-0.4, -0.2) is 60.1 Å². The molecule has 0 spiro atoms. The topological polar surface area (TPSA) is 61.9 Å². The summed E-state index contributed by atoms with van der Waals surface area (Å²) < 4.78 is 103. The van der Waals surface area contributed by atoms with Crippen molar-refractivity contribution in [1.29, 1.82) is 0 Å². The van der Waals surface area contributed by atoms with E-state index in [2.05, 4.69) is 5.10 Å². The van der Waals surface area contributed by atoms with Crippen LogP contribution in [0.5, 0.6) is 0 Å². The lowest BCUT2D eigenvalue weighted by Crippen LogP contribution is -2.58. The second-order valence-electron chi connectivity index (χ2n) is 6.57. The second kappa shape index (κ2) is 7.67. The molecule has 162 valence electrons. The lowest BCUT2D eigenvalue weighted by molar-refractivity contribution is -0.165. The molecule has 1 saturated heterocycles. The number of carbonyl (C=O) groups excluding carboxylic acids is 1. The van der Waals surface area contributed by atoms with E-state index in [9.17, 15) is 39.9 Å². The van der Waals surface area contributed by atoms with Crippen molar-refractivity contribution < 1.29 is 39.9 Å². The molecule has 0 bridgehead atoms. The van der Waals surface area contributed by atoms with Gasteiger partial charge in [-0.3, -0.25) is 9.80 Å². The Labute approximate surface area is 159 Å². The van der Waals surface area contributed by atoms with Crippen LogP contribution in [0.1, 0.15) is 6.42 Å². The highest BCUT2D eigenvalue weighted by atomic mass is 19.4. The van der Waals surface area contributed by atoms with Gasteiger partial charge in [0.15, 0.2) is 5.84 Å². The number of hydrogen-bond donors (Lipinski definition) is 1. The minimum atomic E-state index is -4.97. The zero-order chi connectivity index (χ0) is 22.2. The van der Waals surface area contributed by atoms with E-state index in [1.54, 1.807) is 0 Å². The van der Waals surface area contributed by atoms with E-state index in [1.165, 1.54) is 7.05 Å². The molecule has 1 aliphatic carbocycles. The molecule has 1 fully saturated rings. The zero-order valence-electron chi connectivity index (χ0n) is 14.9. The molecule has 0 aromatic carbocycles. The highest BCUT2D eigenvalue weighted by Crippen LogP contribution is 2.41. The number of carbonyl (C=O) groups is 1. The van der Waals surface area contributed by atoms with Crippen LogP contribution in [0.3, 0.4) is 0 Å². The van der Waals surface area contributed by atoms with Gasteiger partial charge < -0.3 is 10.6 Å². The van der Waals surface area contributed by atoms with Crippen molar-refractivity contribution in [3.05, 3.63) is 35.6 Å². The molecule has 1 amide bonds. The number of nitrogens with two attached hydrogens (primary N) is 1. The summed E-state index contributed by atoms with van der Waals surface area (Å²) in [5, 5.41) is 4.48. The van der Waals surface area contributed by atoms with Crippen LogP contribution < -0.4 is 5.73 Å². The van der Waals surface area contributed by atoms with Gasteiger partial charge in [0.2, 0.25) is 5.91 Å². The molecule has 1 aliphatic heterocycles. The van der Waals surface area contributed by atoms with Crippen molar-refractivity contribution in [2.45, 2.75) is 24.7 Å². The molecule has 13 heteroatoms. The number of alkyl halides is 8. The first-order chi connectivity index (χ1) is 13.1. The first-order valence-corrected chi connectivity index (χ1v) is 8.07. The van der Waals surface area contributed by atoms with E-state index < -0.39 is 66.6 Å². The SMILES string of the molecule is CN(/C=C\C(=O)N1CC(F)(F)C1)/N=C(\N)C1=CC(C(F)(F)F)CC(C(F)(F)F)=C1. The highest BCUT2D eigenvalue weighted by Gasteiger charge is 2.46. The van der Waals surface area contributed by atoms with Gasteiger partial charge in [-0.25, -0.2) is 8.78 Å². The molecular formula is C16H16F8N4O. The predicted molar refractivity (Wildman–Crippen MR) is 86.4 cm³/mol. The Morgan fingerprint density at radius 3 is 2.34 bits per heavy atom. The Hall–Kier alpha value is -2.60. The van der Waals surface area contributed by atoms with E-state index in [0.717, 1.165) is 22.2 Å². The fourth-order valence-electron chi connectivity index (χ4n) is 2.58. The van der Waals surface area contributed by atoms with Crippen molar-refractivity contribution >= 4 is 11.7 Å². The summed E-state index contributed by atoms with van der Waals surface area (Å²) in [5.41, 5.74) is 3.56. The van der Waals surface area contributed by atoms with Gasteiger partial charge in [0.1, 0.15) is 0 Å². The first kappa shape index (κ1) is 22.7. The summed E-state index contributed by atoms with van der Waals surface area (Å²) in [6.07, 6.45) is -8.27. The van der Waals surface area contributed by atoms with E-state index in [4.69, 9.17) is 5.73 Å². The van der Waals surface area contributed by atoms with Crippen molar-refractivity contribution in [2.24, 2.45) is 16.8 Å². The van der Waals surface area contributed by atoms with Crippen molar-refractivity contribution in [1.82, 2.24) is 9.91 Å². The minimum Gasteiger partial charge on any atom is -0.382 e. The summed E-state index contributed by atoms with van der Waals surface area (Å²) in [5.74, 6) is -6.74. The normalized spacial score (nSPS) is 22.9. The van der Waals surface area contributed by atoms with Crippen LogP contribution in [-0.2, 0) is 4.79 Å². The summed E-state index contributed by atoms with van der Waals surface area (Å²) in [4.78, 5) is 12.5. The van der Waals surface area contributed by atoms with Gasteiger partial charge in [-0.05, 0) is 12.5 Å². The van der Waals surface area contributed by atoms with Gasteiger partial charge >= 0.3 is 12.4 Å². The summed E-state index contributed by atoms with van der Waals surface area (Å²) >= 11 is 0. The minimum absolute atomic E-state index is 0.478. The maximum Gasteiger partial charge on any atom is 0.412 e. The summed E-state index contributed by atoms with van der Waals surface area (Å²) in [7, 11) is 1.21. The number of hydrazone groups is 1. The highest BCUT2D eigenvalue weighted by molar-refractivity contribution is 6.00. The lowest BCUT2D eigenvalue weighted by Gasteiger charge is -2.37. The van der Waals surface area contributed by atoms with E-state index in [0.29, 0.717) is 12.2 Å². The second-order valence-corrected chi connectivity index (χ2v) is 6.57. The number of hydrogen-bond acceptors (Lipinski definition) is 3. The third kappa shape index (κ3) is 5.94. The van der Waals surface area contributed by atoms with E-state index in [1.807, 2.05) is 0 Å². The van der Waals surface area contributed by atoms with Crippen molar-refractivity contribution in [3.63, 3.8) is 0 Å². The monoisotopic (exact) mass is 432 g/mol. The van der Waals surface area contributed by atoms with Gasteiger partial charge in [0.25, 0.3) is 5.92 Å². The van der Waals surface area contributed by atoms with Crippen LogP contribution in [0.15, 0.2) is 40.7 Å². The van der Waals surface area contributed by atoms with Gasteiger partial charge in [-0.15, -0.1) is 0 Å². The molecule has 1 heterocycles. The number of amides is 1. The third-order valence-corrected chi connectivity index (χ3v) is 4.08. The molecule has 2 N–H and O–H groups in total. The van der Waals surface area contributed by atoms with Crippen LogP contribution in [0.2, 0.25) is 0 Å². The Kier molecular flexibility index (Phi) is 6.00. The molecule has 0 radical (unpaired) electrons. The predicted octanol–water partition coefficient (Wildman–Crippen LogP) is 3.18. The fourth-order valence-corrected chi connectivity index (χ4v) is 2.58. The molecule has 2 rings (SSSR count). The molecule has 29 heavy (non-hydrogen) atoms. The van der Waals surface area contributed by atoms with Crippen LogP contribution in [0, 0.1) is 5.92 Å². The van der Waals surface area contributed by atoms with Crippen LogP contribution in [0.4, 0.5) is 35.1 Å². The van der Waals surface area contributed by atoms with Crippen molar-refractivity contribution in [2.75, 3.05) is 20.1 Å². The summed E-state index contributed by atoms with van der Waals surface area (Å²) in [6, 6.07) is 0. The Morgan fingerprint density at radius 2 is 1.86 bits per heavy atom. The molecule has 0 aromatic rings.